The van der Waals surface area contributed by atoms with Gasteiger partial charge in [-0.1, -0.05) is 26.7 Å². The smallest absolute Gasteiger partial charge is 0.191 e. The van der Waals surface area contributed by atoms with Crippen LogP contribution in [0.1, 0.15) is 52.4 Å². The maximum atomic E-state index is 4.39. The van der Waals surface area contributed by atoms with Gasteiger partial charge in [-0.2, -0.15) is 11.8 Å². The third-order valence-electron chi connectivity index (χ3n) is 4.97. The molecule has 0 aromatic heterocycles. The molecular formula is C18H38N4S. The number of rotatable bonds is 11. The van der Waals surface area contributed by atoms with Gasteiger partial charge in [-0.25, -0.2) is 0 Å². The standard InChI is InChI=1S/C18H38N4S/c1-5-16(6-2)17(22-12-8-9-13-22)15-21-18(19-3)20-11-7-10-14-23-4/h16-17H,5-15H2,1-4H3,(H2,19,20,21). The highest BCUT2D eigenvalue weighted by atomic mass is 32.2. The van der Waals surface area contributed by atoms with E-state index in [0.717, 1.165) is 25.0 Å². The first kappa shape index (κ1) is 20.6. The third-order valence-corrected chi connectivity index (χ3v) is 5.67. The van der Waals surface area contributed by atoms with Crippen LogP contribution in [-0.2, 0) is 0 Å². The van der Waals surface area contributed by atoms with Crippen LogP contribution < -0.4 is 10.6 Å². The predicted octanol–water partition coefficient (Wildman–Crippen LogP) is 3.20. The summed E-state index contributed by atoms with van der Waals surface area (Å²) in [4.78, 5) is 7.08. The fourth-order valence-electron chi connectivity index (χ4n) is 3.50. The molecule has 0 radical (unpaired) electrons. The molecule has 1 aliphatic rings. The van der Waals surface area contributed by atoms with E-state index in [1.807, 2.05) is 18.8 Å². The van der Waals surface area contributed by atoms with E-state index in [1.54, 1.807) is 0 Å². The Morgan fingerprint density at radius 3 is 2.39 bits per heavy atom. The van der Waals surface area contributed by atoms with E-state index in [0.29, 0.717) is 6.04 Å². The number of guanidine groups is 1. The molecule has 5 heteroatoms. The Morgan fingerprint density at radius 2 is 1.83 bits per heavy atom. The lowest BCUT2D eigenvalue weighted by atomic mass is 9.93. The summed E-state index contributed by atoms with van der Waals surface area (Å²) >= 11 is 1.92. The number of unbranched alkanes of at least 4 members (excludes halogenated alkanes) is 1. The van der Waals surface area contributed by atoms with Crippen LogP contribution in [-0.4, -0.2) is 62.1 Å². The lowest BCUT2D eigenvalue weighted by Gasteiger charge is -2.34. The van der Waals surface area contributed by atoms with Crippen LogP contribution in [0.5, 0.6) is 0 Å². The molecule has 0 aromatic rings. The van der Waals surface area contributed by atoms with Crippen molar-refractivity contribution in [3.05, 3.63) is 0 Å². The van der Waals surface area contributed by atoms with Gasteiger partial charge in [-0.05, 0) is 56.7 Å². The SMILES string of the molecule is CCC(CC)C(CNC(=NC)NCCCCSC)N1CCCC1. The molecule has 1 rings (SSSR count). The molecule has 2 N–H and O–H groups in total. The molecule has 4 nitrogen and oxygen atoms in total. The van der Waals surface area contributed by atoms with Crippen molar-refractivity contribution >= 4 is 17.7 Å². The first-order chi connectivity index (χ1) is 11.3. The largest absolute Gasteiger partial charge is 0.356 e. The minimum atomic E-state index is 0.641. The zero-order valence-electron chi connectivity index (χ0n) is 15.7. The van der Waals surface area contributed by atoms with E-state index < -0.39 is 0 Å². The summed E-state index contributed by atoms with van der Waals surface area (Å²) in [5.41, 5.74) is 0. The second-order valence-electron chi connectivity index (χ2n) is 6.47. The first-order valence-corrected chi connectivity index (χ1v) is 10.8. The summed E-state index contributed by atoms with van der Waals surface area (Å²) in [6.45, 7) is 9.22. The zero-order chi connectivity index (χ0) is 16.9. The first-order valence-electron chi connectivity index (χ1n) is 9.44. The average Bonchev–Trinajstić information content (AvgIpc) is 3.10. The van der Waals surface area contributed by atoms with E-state index in [1.165, 1.54) is 57.4 Å². The Balaban J connectivity index is 2.41. The van der Waals surface area contributed by atoms with Gasteiger partial charge in [0.25, 0.3) is 0 Å². The van der Waals surface area contributed by atoms with E-state index >= 15 is 0 Å². The Morgan fingerprint density at radius 1 is 1.13 bits per heavy atom. The van der Waals surface area contributed by atoms with Gasteiger partial charge in [0, 0.05) is 26.2 Å². The van der Waals surface area contributed by atoms with E-state index in [2.05, 4.69) is 40.6 Å². The van der Waals surface area contributed by atoms with Crippen molar-refractivity contribution in [1.82, 2.24) is 15.5 Å². The van der Waals surface area contributed by atoms with Crippen LogP contribution in [0.4, 0.5) is 0 Å². The molecule has 1 unspecified atom stereocenters. The van der Waals surface area contributed by atoms with Crippen molar-refractivity contribution in [2.75, 3.05) is 45.2 Å². The minimum absolute atomic E-state index is 0.641. The van der Waals surface area contributed by atoms with Gasteiger partial charge in [-0.3, -0.25) is 9.89 Å². The van der Waals surface area contributed by atoms with Gasteiger partial charge >= 0.3 is 0 Å². The molecule has 0 spiro atoms. The van der Waals surface area contributed by atoms with Crippen LogP contribution in [0.15, 0.2) is 4.99 Å². The molecule has 0 saturated carbocycles. The van der Waals surface area contributed by atoms with Crippen molar-refractivity contribution in [2.24, 2.45) is 10.9 Å². The summed E-state index contributed by atoms with van der Waals surface area (Å²) in [6.07, 6.45) is 9.90. The number of likely N-dealkylation sites (tertiary alicyclic amines) is 1. The maximum absolute atomic E-state index is 4.39. The number of nitrogens with zero attached hydrogens (tertiary/aromatic N) is 2. The number of aliphatic imine (C=N–C) groups is 1. The molecule has 23 heavy (non-hydrogen) atoms. The Hall–Kier alpha value is -0.420. The Labute approximate surface area is 148 Å². The van der Waals surface area contributed by atoms with Crippen molar-refractivity contribution in [3.63, 3.8) is 0 Å². The number of nitrogens with one attached hydrogen (secondary N) is 2. The highest BCUT2D eigenvalue weighted by Gasteiger charge is 2.27. The Bertz CT molecular complexity index is 310. The van der Waals surface area contributed by atoms with Gasteiger partial charge in [0.05, 0.1) is 0 Å². The molecule has 1 heterocycles. The highest BCUT2D eigenvalue weighted by molar-refractivity contribution is 7.98. The van der Waals surface area contributed by atoms with Gasteiger partial charge < -0.3 is 10.6 Å². The molecular weight excluding hydrogens is 304 g/mol. The number of thioether (sulfide) groups is 1. The fourth-order valence-corrected chi connectivity index (χ4v) is 3.99. The summed E-state index contributed by atoms with van der Waals surface area (Å²) in [5.74, 6) is 2.99. The van der Waals surface area contributed by atoms with Crippen molar-refractivity contribution < 1.29 is 0 Å². The van der Waals surface area contributed by atoms with Gasteiger partial charge in [-0.15, -0.1) is 0 Å². The summed E-state index contributed by atoms with van der Waals surface area (Å²) < 4.78 is 0. The molecule has 0 amide bonds. The molecule has 1 aliphatic heterocycles. The molecule has 136 valence electrons. The van der Waals surface area contributed by atoms with E-state index in [4.69, 9.17) is 0 Å². The van der Waals surface area contributed by atoms with E-state index in [9.17, 15) is 0 Å². The molecule has 1 fully saturated rings. The van der Waals surface area contributed by atoms with Gasteiger partial charge in [0.15, 0.2) is 5.96 Å². The van der Waals surface area contributed by atoms with Crippen LogP contribution in [0.25, 0.3) is 0 Å². The molecule has 1 atom stereocenters. The topological polar surface area (TPSA) is 39.7 Å². The second kappa shape index (κ2) is 12.9. The number of hydrogen-bond acceptors (Lipinski definition) is 3. The lowest BCUT2D eigenvalue weighted by molar-refractivity contribution is 0.166. The van der Waals surface area contributed by atoms with Crippen molar-refractivity contribution in [1.29, 1.82) is 0 Å². The quantitative estimate of drug-likeness (QED) is 0.344. The lowest BCUT2D eigenvalue weighted by Crippen LogP contribution is -2.49. The zero-order valence-corrected chi connectivity index (χ0v) is 16.6. The molecule has 0 aromatic carbocycles. The van der Waals surface area contributed by atoms with Crippen LogP contribution >= 0.6 is 11.8 Å². The maximum Gasteiger partial charge on any atom is 0.191 e. The highest BCUT2D eigenvalue weighted by Crippen LogP contribution is 2.22. The summed E-state index contributed by atoms with van der Waals surface area (Å²) in [5, 5.41) is 7.04. The van der Waals surface area contributed by atoms with Crippen LogP contribution in [0.3, 0.4) is 0 Å². The minimum Gasteiger partial charge on any atom is -0.356 e. The molecule has 0 bridgehead atoms. The van der Waals surface area contributed by atoms with Gasteiger partial charge in [0.2, 0.25) is 0 Å². The third kappa shape index (κ3) is 7.79. The second-order valence-corrected chi connectivity index (χ2v) is 7.45. The van der Waals surface area contributed by atoms with Gasteiger partial charge in [0.1, 0.15) is 0 Å². The predicted molar refractivity (Wildman–Crippen MR) is 106 cm³/mol. The van der Waals surface area contributed by atoms with Crippen LogP contribution in [0.2, 0.25) is 0 Å². The Kier molecular flexibility index (Phi) is 11.6. The van der Waals surface area contributed by atoms with Crippen LogP contribution in [0, 0.1) is 5.92 Å². The van der Waals surface area contributed by atoms with Crippen molar-refractivity contribution in [3.8, 4) is 0 Å². The monoisotopic (exact) mass is 342 g/mol. The number of hydrogen-bond donors (Lipinski definition) is 2. The molecule has 0 aliphatic carbocycles. The average molecular weight is 343 g/mol. The summed E-state index contributed by atoms with van der Waals surface area (Å²) in [7, 11) is 1.87. The van der Waals surface area contributed by atoms with Crippen molar-refractivity contribution in [2.45, 2.75) is 58.4 Å². The normalized spacial score (nSPS) is 17.7. The fraction of sp³-hybridized carbons (Fsp3) is 0.944. The molecule has 1 saturated heterocycles. The van der Waals surface area contributed by atoms with E-state index in [-0.39, 0.29) is 0 Å². The summed E-state index contributed by atoms with van der Waals surface area (Å²) in [6, 6.07) is 0.641.